The number of benzene rings is 1. The van der Waals surface area contributed by atoms with Crippen LogP contribution in [0.1, 0.15) is 58.4 Å². The number of nitrogens with one attached hydrogen (secondary N) is 1. The van der Waals surface area contributed by atoms with Crippen LogP contribution in [0.2, 0.25) is 0 Å². The Bertz CT molecular complexity index is 492. The summed E-state index contributed by atoms with van der Waals surface area (Å²) < 4.78 is 0. The maximum atomic E-state index is 12.6. The molecule has 0 aliphatic carbocycles. The molecule has 1 heterocycles. The van der Waals surface area contributed by atoms with Crippen molar-refractivity contribution in [1.29, 1.82) is 0 Å². The van der Waals surface area contributed by atoms with Gasteiger partial charge in [0, 0.05) is 5.69 Å². The van der Waals surface area contributed by atoms with Crippen molar-refractivity contribution in [2.24, 2.45) is 5.92 Å². The highest BCUT2D eigenvalue weighted by Gasteiger charge is 2.25. The minimum atomic E-state index is -0.0579. The summed E-state index contributed by atoms with van der Waals surface area (Å²) in [7, 11) is 0. The molecule has 0 bridgehead atoms. The normalized spacial score (nSPS) is 19.6. The first kappa shape index (κ1) is 17.0. The monoisotopic (exact) mass is 302 g/mol. The van der Waals surface area contributed by atoms with E-state index >= 15 is 0 Å². The molecule has 1 aliphatic heterocycles. The van der Waals surface area contributed by atoms with Crippen LogP contribution in [0.15, 0.2) is 24.3 Å². The molecule has 1 aromatic carbocycles. The molecule has 2 atom stereocenters. The molecule has 1 fully saturated rings. The second-order valence-electron chi connectivity index (χ2n) is 6.78. The number of piperidine rings is 1. The Hall–Kier alpha value is -1.35. The Morgan fingerprint density at radius 2 is 1.91 bits per heavy atom. The first-order valence-corrected chi connectivity index (χ1v) is 8.66. The van der Waals surface area contributed by atoms with Crippen molar-refractivity contribution < 1.29 is 4.79 Å². The number of para-hydroxylation sites is 1. The molecule has 1 saturated heterocycles. The topological polar surface area (TPSA) is 32.3 Å². The van der Waals surface area contributed by atoms with Gasteiger partial charge in [-0.2, -0.15) is 0 Å². The second-order valence-corrected chi connectivity index (χ2v) is 6.78. The summed E-state index contributed by atoms with van der Waals surface area (Å²) >= 11 is 0. The van der Waals surface area contributed by atoms with E-state index < -0.39 is 0 Å². The van der Waals surface area contributed by atoms with Crippen LogP contribution < -0.4 is 5.32 Å². The van der Waals surface area contributed by atoms with E-state index in [2.05, 4.69) is 37.1 Å². The van der Waals surface area contributed by atoms with Gasteiger partial charge in [-0.05, 0) is 62.7 Å². The summed E-state index contributed by atoms with van der Waals surface area (Å²) in [5.74, 6) is 1.37. The molecule has 2 unspecified atom stereocenters. The Labute approximate surface area is 135 Å². The lowest BCUT2D eigenvalue weighted by molar-refractivity contribution is -0.121. The SMILES string of the molecule is CCC(C)c1ccccc1NC(=O)C(C)N1CCC(C)CC1. The third-order valence-corrected chi connectivity index (χ3v) is 5.11. The molecule has 3 nitrogen and oxygen atoms in total. The number of carbonyl (C=O) groups is 1. The molecule has 0 spiro atoms. The first-order valence-electron chi connectivity index (χ1n) is 8.66. The van der Waals surface area contributed by atoms with Gasteiger partial charge in [0.05, 0.1) is 6.04 Å². The van der Waals surface area contributed by atoms with Gasteiger partial charge in [0.15, 0.2) is 0 Å². The van der Waals surface area contributed by atoms with Gasteiger partial charge in [0.1, 0.15) is 0 Å². The van der Waals surface area contributed by atoms with Gasteiger partial charge in [-0.3, -0.25) is 9.69 Å². The summed E-state index contributed by atoms with van der Waals surface area (Å²) in [5.41, 5.74) is 2.21. The molecule has 22 heavy (non-hydrogen) atoms. The Kier molecular flexibility index (Phi) is 6.01. The summed E-state index contributed by atoms with van der Waals surface area (Å²) in [5, 5.41) is 3.15. The molecule has 0 aromatic heterocycles. The van der Waals surface area contributed by atoms with Crippen molar-refractivity contribution in [2.45, 2.75) is 58.9 Å². The molecular weight excluding hydrogens is 272 g/mol. The van der Waals surface area contributed by atoms with Crippen LogP contribution in [-0.4, -0.2) is 29.9 Å². The van der Waals surface area contributed by atoms with Crippen LogP contribution in [0.25, 0.3) is 0 Å². The zero-order valence-corrected chi connectivity index (χ0v) is 14.4. The predicted molar refractivity (Wildman–Crippen MR) is 93.2 cm³/mol. The van der Waals surface area contributed by atoms with Crippen LogP contribution in [0, 0.1) is 5.92 Å². The van der Waals surface area contributed by atoms with E-state index in [9.17, 15) is 4.79 Å². The lowest BCUT2D eigenvalue weighted by atomic mass is 9.96. The third-order valence-electron chi connectivity index (χ3n) is 5.11. The summed E-state index contributed by atoms with van der Waals surface area (Å²) in [6.45, 7) is 10.8. The number of rotatable bonds is 5. The number of carbonyl (C=O) groups excluding carboxylic acids is 1. The Morgan fingerprint density at radius 3 is 2.55 bits per heavy atom. The summed E-state index contributed by atoms with van der Waals surface area (Å²) in [6, 6.07) is 8.13. The number of anilines is 1. The molecule has 1 aliphatic rings. The molecule has 1 N–H and O–H groups in total. The van der Waals surface area contributed by atoms with Crippen LogP contribution in [0.4, 0.5) is 5.69 Å². The van der Waals surface area contributed by atoms with Crippen molar-refractivity contribution >= 4 is 11.6 Å². The maximum absolute atomic E-state index is 12.6. The number of amides is 1. The lowest BCUT2D eigenvalue weighted by Crippen LogP contribution is -2.45. The van der Waals surface area contributed by atoms with Crippen molar-refractivity contribution in [3.8, 4) is 0 Å². The smallest absolute Gasteiger partial charge is 0.241 e. The molecule has 0 saturated carbocycles. The van der Waals surface area contributed by atoms with Crippen LogP contribution in [0.5, 0.6) is 0 Å². The average molecular weight is 302 g/mol. The van der Waals surface area contributed by atoms with E-state index in [1.165, 1.54) is 18.4 Å². The van der Waals surface area contributed by atoms with Crippen LogP contribution >= 0.6 is 0 Å². The van der Waals surface area contributed by atoms with E-state index in [0.717, 1.165) is 31.1 Å². The second kappa shape index (κ2) is 7.77. The number of nitrogens with zero attached hydrogens (tertiary/aromatic N) is 1. The molecule has 2 rings (SSSR count). The van der Waals surface area contributed by atoms with Crippen molar-refractivity contribution in [2.75, 3.05) is 18.4 Å². The Balaban J connectivity index is 2.02. The van der Waals surface area contributed by atoms with E-state index in [4.69, 9.17) is 0 Å². The van der Waals surface area contributed by atoms with Crippen LogP contribution in [-0.2, 0) is 4.79 Å². The van der Waals surface area contributed by atoms with E-state index in [1.54, 1.807) is 0 Å². The standard InChI is InChI=1S/C19H30N2O/c1-5-15(3)17-8-6-7-9-18(17)20-19(22)16(4)21-12-10-14(2)11-13-21/h6-9,14-16H,5,10-13H2,1-4H3,(H,20,22). The third kappa shape index (κ3) is 4.10. The van der Waals surface area contributed by atoms with Gasteiger partial charge < -0.3 is 5.32 Å². The fourth-order valence-electron chi connectivity index (χ4n) is 3.08. The van der Waals surface area contributed by atoms with Gasteiger partial charge in [0.25, 0.3) is 0 Å². The van der Waals surface area contributed by atoms with Crippen molar-refractivity contribution in [3.63, 3.8) is 0 Å². The molecule has 0 radical (unpaired) electrons. The lowest BCUT2D eigenvalue weighted by Gasteiger charge is -2.34. The highest BCUT2D eigenvalue weighted by Crippen LogP contribution is 2.27. The zero-order valence-electron chi connectivity index (χ0n) is 14.4. The fourth-order valence-corrected chi connectivity index (χ4v) is 3.08. The largest absolute Gasteiger partial charge is 0.324 e. The van der Waals surface area contributed by atoms with E-state index in [1.807, 2.05) is 25.1 Å². The minimum absolute atomic E-state index is 0.0579. The molecule has 122 valence electrons. The molecule has 3 heteroatoms. The molecular formula is C19H30N2O. The maximum Gasteiger partial charge on any atom is 0.241 e. The fraction of sp³-hybridized carbons (Fsp3) is 0.632. The first-order chi connectivity index (χ1) is 10.5. The van der Waals surface area contributed by atoms with Gasteiger partial charge in [-0.1, -0.05) is 39.0 Å². The predicted octanol–water partition coefficient (Wildman–Crippen LogP) is 4.26. The van der Waals surface area contributed by atoms with Gasteiger partial charge >= 0.3 is 0 Å². The van der Waals surface area contributed by atoms with E-state index in [0.29, 0.717) is 5.92 Å². The van der Waals surface area contributed by atoms with E-state index in [-0.39, 0.29) is 11.9 Å². The average Bonchev–Trinajstić information content (AvgIpc) is 2.54. The summed E-state index contributed by atoms with van der Waals surface area (Å²) in [6.07, 6.45) is 3.47. The van der Waals surface area contributed by atoms with Crippen molar-refractivity contribution in [3.05, 3.63) is 29.8 Å². The van der Waals surface area contributed by atoms with Crippen molar-refractivity contribution in [1.82, 2.24) is 4.90 Å². The van der Waals surface area contributed by atoms with Gasteiger partial charge in [-0.25, -0.2) is 0 Å². The minimum Gasteiger partial charge on any atom is -0.324 e. The van der Waals surface area contributed by atoms with Gasteiger partial charge in [0.2, 0.25) is 5.91 Å². The van der Waals surface area contributed by atoms with Gasteiger partial charge in [-0.15, -0.1) is 0 Å². The number of hydrogen-bond acceptors (Lipinski definition) is 2. The van der Waals surface area contributed by atoms with Crippen LogP contribution in [0.3, 0.4) is 0 Å². The highest BCUT2D eigenvalue weighted by molar-refractivity contribution is 5.95. The number of hydrogen-bond donors (Lipinski definition) is 1. The zero-order chi connectivity index (χ0) is 16.1. The quantitative estimate of drug-likeness (QED) is 0.881. The molecule has 1 aromatic rings. The number of likely N-dealkylation sites (tertiary alicyclic amines) is 1. The molecule has 1 amide bonds. The highest BCUT2D eigenvalue weighted by atomic mass is 16.2. The summed E-state index contributed by atoms with van der Waals surface area (Å²) in [4.78, 5) is 14.9. The Morgan fingerprint density at radius 1 is 1.27 bits per heavy atom.